The van der Waals surface area contributed by atoms with E-state index in [4.69, 9.17) is 9.47 Å². The van der Waals surface area contributed by atoms with Crippen molar-refractivity contribution in [3.05, 3.63) is 28.8 Å². The fourth-order valence-corrected chi connectivity index (χ4v) is 2.38. The molecule has 1 aromatic carbocycles. The number of fused-ring (bicyclic) bond motifs is 1. The zero-order chi connectivity index (χ0) is 12.6. The Morgan fingerprint density at radius 3 is 2.76 bits per heavy atom. The number of benzene rings is 1. The lowest BCUT2D eigenvalue weighted by atomic mass is 9.90. The first-order valence-corrected chi connectivity index (χ1v) is 5.84. The highest BCUT2D eigenvalue weighted by atomic mass is 16.6. The number of rotatable bonds is 1. The minimum Gasteiger partial charge on any atom is -0.475 e. The molecule has 0 aliphatic carbocycles. The molecule has 1 aromatic rings. The van der Waals surface area contributed by atoms with E-state index in [1.54, 1.807) is 6.92 Å². The van der Waals surface area contributed by atoms with E-state index in [-0.39, 0.29) is 5.97 Å². The molecule has 1 aliphatic heterocycles. The van der Waals surface area contributed by atoms with Gasteiger partial charge in [0.2, 0.25) is 5.60 Å². The molecule has 0 N–H and O–H groups in total. The maximum Gasteiger partial charge on any atom is 0.349 e. The molecular formula is C14H18O3. The molecule has 0 radical (unpaired) electrons. The summed E-state index contributed by atoms with van der Waals surface area (Å²) in [7, 11) is 1.40. The summed E-state index contributed by atoms with van der Waals surface area (Å²) in [4.78, 5) is 11.7. The summed E-state index contributed by atoms with van der Waals surface area (Å²) in [5.74, 6) is 0.540. The predicted octanol–water partition coefficient (Wildman–Crippen LogP) is 2.56. The van der Waals surface area contributed by atoms with Gasteiger partial charge in [-0.25, -0.2) is 4.79 Å². The average Bonchev–Trinajstić information content (AvgIpc) is 2.29. The van der Waals surface area contributed by atoms with Crippen LogP contribution in [-0.4, -0.2) is 18.7 Å². The van der Waals surface area contributed by atoms with E-state index in [1.807, 2.05) is 6.92 Å². The fraction of sp³-hybridized carbons (Fsp3) is 0.500. The molecule has 0 saturated heterocycles. The number of hydrogen-bond donors (Lipinski definition) is 0. The molecular weight excluding hydrogens is 216 g/mol. The molecule has 1 atom stereocenters. The van der Waals surface area contributed by atoms with Gasteiger partial charge in [-0.2, -0.15) is 0 Å². The van der Waals surface area contributed by atoms with E-state index in [0.717, 1.165) is 17.7 Å². The summed E-state index contributed by atoms with van der Waals surface area (Å²) in [6.07, 6.45) is 1.51. The van der Waals surface area contributed by atoms with Crippen LogP contribution in [-0.2, 0) is 16.0 Å². The Morgan fingerprint density at radius 1 is 1.41 bits per heavy atom. The number of aryl methyl sites for hydroxylation is 3. The van der Waals surface area contributed by atoms with Crippen molar-refractivity contribution >= 4 is 5.97 Å². The van der Waals surface area contributed by atoms with Gasteiger partial charge in [0.05, 0.1) is 7.11 Å². The molecule has 1 heterocycles. The van der Waals surface area contributed by atoms with Crippen LogP contribution in [0.15, 0.2) is 12.1 Å². The molecule has 0 saturated carbocycles. The van der Waals surface area contributed by atoms with Crippen LogP contribution in [0.4, 0.5) is 0 Å². The Bertz CT molecular complexity index is 465. The number of hydrogen-bond acceptors (Lipinski definition) is 3. The second-order valence-electron chi connectivity index (χ2n) is 4.89. The molecule has 3 heteroatoms. The van der Waals surface area contributed by atoms with Gasteiger partial charge in [0, 0.05) is 6.42 Å². The zero-order valence-corrected chi connectivity index (χ0v) is 10.8. The molecule has 92 valence electrons. The summed E-state index contributed by atoms with van der Waals surface area (Å²) in [6.45, 7) is 5.87. The maximum absolute atomic E-state index is 11.7. The van der Waals surface area contributed by atoms with Gasteiger partial charge in [-0.05, 0) is 38.3 Å². The minimum atomic E-state index is -0.845. The van der Waals surface area contributed by atoms with Crippen molar-refractivity contribution in [2.45, 2.75) is 39.2 Å². The van der Waals surface area contributed by atoms with Gasteiger partial charge in [0.25, 0.3) is 0 Å². The van der Waals surface area contributed by atoms with Crippen molar-refractivity contribution in [1.82, 2.24) is 0 Å². The van der Waals surface area contributed by atoms with Gasteiger partial charge in [-0.1, -0.05) is 17.7 Å². The lowest BCUT2D eigenvalue weighted by Gasteiger charge is -2.34. The number of carbonyl (C=O) groups excluding carboxylic acids is 1. The van der Waals surface area contributed by atoms with E-state index < -0.39 is 5.60 Å². The fourth-order valence-electron chi connectivity index (χ4n) is 2.38. The lowest BCUT2D eigenvalue weighted by Crippen LogP contribution is -2.45. The third-order valence-electron chi connectivity index (χ3n) is 3.31. The lowest BCUT2D eigenvalue weighted by molar-refractivity contribution is -0.159. The SMILES string of the molecule is COC(=O)C1(C)CCc2cc(C)cc(C)c2O1. The standard InChI is InChI=1S/C14H18O3/c1-9-7-10(2)12-11(8-9)5-6-14(3,17-12)13(15)16-4/h7-8H,5-6H2,1-4H3. The molecule has 1 unspecified atom stereocenters. The first-order valence-electron chi connectivity index (χ1n) is 5.84. The van der Waals surface area contributed by atoms with Crippen molar-refractivity contribution in [3.8, 4) is 5.75 Å². The second-order valence-corrected chi connectivity index (χ2v) is 4.89. The summed E-state index contributed by atoms with van der Waals surface area (Å²) < 4.78 is 10.7. The molecule has 17 heavy (non-hydrogen) atoms. The summed E-state index contributed by atoms with van der Waals surface area (Å²) in [6, 6.07) is 4.20. The zero-order valence-electron chi connectivity index (χ0n) is 10.8. The first-order chi connectivity index (χ1) is 7.96. The van der Waals surface area contributed by atoms with Crippen LogP contribution >= 0.6 is 0 Å². The van der Waals surface area contributed by atoms with Gasteiger partial charge >= 0.3 is 5.97 Å². The largest absolute Gasteiger partial charge is 0.475 e. The van der Waals surface area contributed by atoms with Crippen LogP contribution in [0, 0.1) is 13.8 Å². The Hall–Kier alpha value is -1.51. The maximum atomic E-state index is 11.7. The van der Waals surface area contributed by atoms with Gasteiger partial charge in [0.15, 0.2) is 0 Å². The van der Waals surface area contributed by atoms with Crippen LogP contribution in [0.1, 0.15) is 30.0 Å². The third kappa shape index (κ3) is 2.02. The Balaban J connectivity index is 2.39. The van der Waals surface area contributed by atoms with Crippen molar-refractivity contribution in [2.24, 2.45) is 0 Å². The number of carbonyl (C=O) groups is 1. The highest BCUT2D eigenvalue weighted by molar-refractivity contribution is 5.80. The van der Waals surface area contributed by atoms with Crippen molar-refractivity contribution < 1.29 is 14.3 Å². The Kier molecular flexibility index (Phi) is 2.86. The Morgan fingerprint density at radius 2 is 2.12 bits per heavy atom. The summed E-state index contributed by atoms with van der Waals surface area (Å²) in [5, 5.41) is 0. The van der Waals surface area contributed by atoms with Crippen molar-refractivity contribution in [2.75, 3.05) is 7.11 Å². The van der Waals surface area contributed by atoms with E-state index in [1.165, 1.54) is 18.2 Å². The van der Waals surface area contributed by atoms with Crippen LogP contribution < -0.4 is 4.74 Å². The monoisotopic (exact) mass is 234 g/mol. The van der Waals surface area contributed by atoms with Crippen LogP contribution in [0.2, 0.25) is 0 Å². The number of methoxy groups -OCH3 is 1. The van der Waals surface area contributed by atoms with Gasteiger partial charge < -0.3 is 9.47 Å². The molecule has 0 spiro atoms. The summed E-state index contributed by atoms with van der Waals surface area (Å²) in [5.41, 5.74) is 2.65. The number of ether oxygens (including phenoxy) is 2. The van der Waals surface area contributed by atoms with Gasteiger partial charge in [-0.15, -0.1) is 0 Å². The van der Waals surface area contributed by atoms with E-state index in [2.05, 4.69) is 19.1 Å². The smallest absolute Gasteiger partial charge is 0.349 e. The van der Waals surface area contributed by atoms with Crippen LogP contribution in [0.5, 0.6) is 5.75 Å². The van der Waals surface area contributed by atoms with Crippen molar-refractivity contribution in [3.63, 3.8) is 0 Å². The second kappa shape index (κ2) is 4.06. The molecule has 0 bridgehead atoms. The van der Waals surface area contributed by atoms with E-state index >= 15 is 0 Å². The van der Waals surface area contributed by atoms with Crippen LogP contribution in [0.25, 0.3) is 0 Å². The van der Waals surface area contributed by atoms with Gasteiger partial charge in [0.1, 0.15) is 5.75 Å². The molecule has 0 fully saturated rings. The van der Waals surface area contributed by atoms with Crippen LogP contribution in [0.3, 0.4) is 0 Å². The molecule has 3 nitrogen and oxygen atoms in total. The highest BCUT2D eigenvalue weighted by Crippen LogP contribution is 2.37. The van der Waals surface area contributed by atoms with E-state index in [9.17, 15) is 4.79 Å². The van der Waals surface area contributed by atoms with Gasteiger partial charge in [-0.3, -0.25) is 0 Å². The number of esters is 1. The normalized spacial score (nSPS) is 22.6. The third-order valence-corrected chi connectivity index (χ3v) is 3.31. The topological polar surface area (TPSA) is 35.5 Å². The average molecular weight is 234 g/mol. The Labute approximate surface area is 102 Å². The van der Waals surface area contributed by atoms with Crippen molar-refractivity contribution in [1.29, 1.82) is 0 Å². The highest BCUT2D eigenvalue weighted by Gasteiger charge is 2.40. The minimum absolute atomic E-state index is 0.303. The predicted molar refractivity (Wildman–Crippen MR) is 65.3 cm³/mol. The summed E-state index contributed by atoms with van der Waals surface area (Å²) >= 11 is 0. The van der Waals surface area contributed by atoms with E-state index in [0.29, 0.717) is 6.42 Å². The first kappa shape index (κ1) is 12.0. The quantitative estimate of drug-likeness (QED) is 0.700. The molecule has 0 amide bonds. The molecule has 2 rings (SSSR count). The molecule has 1 aliphatic rings. The molecule has 0 aromatic heterocycles.